The van der Waals surface area contributed by atoms with Gasteiger partial charge in [0, 0.05) is 26.4 Å². The van der Waals surface area contributed by atoms with Crippen molar-refractivity contribution in [3.8, 4) is 5.82 Å². The molecule has 0 saturated carbocycles. The second kappa shape index (κ2) is 6.58. The van der Waals surface area contributed by atoms with E-state index in [-0.39, 0.29) is 0 Å². The standard InChI is InChI=1S/C14H21N5O/c1-10-7-13(8-15-5-6-20-4)9-16-14(10)19-12(3)17-11(2)18-19/h7,9,15H,5-6,8H2,1-4H3. The first-order valence-electron chi connectivity index (χ1n) is 6.67. The average molecular weight is 275 g/mol. The molecule has 0 aromatic carbocycles. The highest BCUT2D eigenvalue weighted by molar-refractivity contribution is 5.35. The number of hydrogen-bond donors (Lipinski definition) is 1. The fourth-order valence-electron chi connectivity index (χ4n) is 2.07. The monoisotopic (exact) mass is 275 g/mol. The Bertz CT molecular complexity index is 579. The number of nitrogens with one attached hydrogen (secondary N) is 1. The van der Waals surface area contributed by atoms with E-state index in [1.165, 1.54) is 0 Å². The Hall–Kier alpha value is -1.79. The molecule has 6 heteroatoms. The number of nitrogens with zero attached hydrogens (tertiary/aromatic N) is 4. The number of aryl methyl sites for hydroxylation is 3. The van der Waals surface area contributed by atoms with Gasteiger partial charge in [-0.1, -0.05) is 0 Å². The van der Waals surface area contributed by atoms with Gasteiger partial charge in [0.05, 0.1) is 6.61 Å². The number of aromatic nitrogens is 4. The van der Waals surface area contributed by atoms with Gasteiger partial charge in [0.25, 0.3) is 0 Å². The molecule has 2 rings (SSSR count). The van der Waals surface area contributed by atoms with Crippen LogP contribution in [0.5, 0.6) is 0 Å². The molecule has 20 heavy (non-hydrogen) atoms. The lowest BCUT2D eigenvalue weighted by Crippen LogP contribution is -2.19. The molecule has 6 nitrogen and oxygen atoms in total. The highest BCUT2D eigenvalue weighted by atomic mass is 16.5. The molecule has 0 saturated heterocycles. The zero-order chi connectivity index (χ0) is 14.5. The van der Waals surface area contributed by atoms with Crippen molar-refractivity contribution in [2.75, 3.05) is 20.3 Å². The summed E-state index contributed by atoms with van der Waals surface area (Å²) in [5, 5.41) is 7.67. The van der Waals surface area contributed by atoms with Gasteiger partial charge in [0.1, 0.15) is 11.6 Å². The van der Waals surface area contributed by atoms with E-state index < -0.39 is 0 Å². The van der Waals surface area contributed by atoms with Crippen molar-refractivity contribution >= 4 is 0 Å². The molecule has 0 aliphatic rings. The Morgan fingerprint density at radius 1 is 1.30 bits per heavy atom. The summed E-state index contributed by atoms with van der Waals surface area (Å²) in [7, 11) is 1.70. The Morgan fingerprint density at radius 3 is 2.70 bits per heavy atom. The second-order valence-electron chi connectivity index (χ2n) is 4.77. The van der Waals surface area contributed by atoms with Crippen LogP contribution < -0.4 is 5.32 Å². The summed E-state index contributed by atoms with van der Waals surface area (Å²) in [5.74, 6) is 2.45. The summed E-state index contributed by atoms with van der Waals surface area (Å²) in [6, 6.07) is 2.12. The highest BCUT2D eigenvalue weighted by Gasteiger charge is 2.09. The summed E-state index contributed by atoms with van der Waals surface area (Å²) in [6.07, 6.45) is 1.87. The first kappa shape index (κ1) is 14.6. The van der Waals surface area contributed by atoms with Crippen molar-refractivity contribution < 1.29 is 4.74 Å². The van der Waals surface area contributed by atoms with E-state index >= 15 is 0 Å². The van der Waals surface area contributed by atoms with E-state index in [1.807, 2.05) is 27.0 Å². The van der Waals surface area contributed by atoms with Crippen LogP contribution >= 0.6 is 0 Å². The molecule has 1 N–H and O–H groups in total. The molecule has 0 unspecified atom stereocenters. The zero-order valence-corrected chi connectivity index (χ0v) is 12.5. The minimum atomic E-state index is 0.710. The lowest BCUT2D eigenvalue weighted by atomic mass is 10.2. The van der Waals surface area contributed by atoms with Crippen LogP contribution in [0.2, 0.25) is 0 Å². The van der Waals surface area contributed by atoms with Crippen molar-refractivity contribution in [3.05, 3.63) is 35.0 Å². The molecule has 0 radical (unpaired) electrons. The maximum absolute atomic E-state index is 5.00. The molecule has 0 bridgehead atoms. The third-order valence-corrected chi connectivity index (χ3v) is 2.99. The third kappa shape index (κ3) is 3.40. The molecule has 0 aliphatic heterocycles. The van der Waals surface area contributed by atoms with Crippen LogP contribution in [0.4, 0.5) is 0 Å². The van der Waals surface area contributed by atoms with Crippen LogP contribution in [-0.4, -0.2) is 40.0 Å². The number of ether oxygens (including phenoxy) is 1. The van der Waals surface area contributed by atoms with Gasteiger partial charge in [0.2, 0.25) is 0 Å². The molecule has 0 spiro atoms. The summed E-state index contributed by atoms with van der Waals surface area (Å²) in [6.45, 7) is 8.18. The average Bonchev–Trinajstić information content (AvgIpc) is 2.74. The van der Waals surface area contributed by atoms with Gasteiger partial charge in [-0.05, 0) is 38.0 Å². The smallest absolute Gasteiger partial charge is 0.158 e. The van der Waals surface area contributed by atoms with E-state index in [4.69, 9.17) is 4.74 Å². The van der Waals surface area contributed by atoms with Gasteiger partial charge in [-0.3, -0.25) is 0 Å². The van der Waals surface area contributed by atoms with E-state index in [1.54, 1.807) is 11.8 Å². The summed E-state index contributed by atoms with van der Waals surface area (Å²) in [5.41, 5.74) is 2.24. The molecular formula is C14H21N5O. The minimum absolute atomic E-state index is 0.710. The van der Waals surface area contributed by atoms with E-state index in [0.29, 0.717) is 6.61 Å². The van der Waals surface area contributed by atoms with E-state index in [9.17, 15) is 0 Å². The quantitative estimate of drug-likeness (QED) is 0.806. The second-order valence-corrected chi connectivity index (χ2v) is 4.77. The van der Waals surface area contributed by atoms with Crippen LogP contribution in [0, 0.1) is 20.8 Å². The van der Waals surface area contributed by atoms with Crippen LogP contribution in [0.1, 0.15) is 22.8 Å². The molecule has 0 fully saturated rings. The van der Waals surface area contributed by atoms with Crippen molar-refractivity contribution in [2.24, 2.45) is 0 Å². The SMILES string of the molecule is COCCNCc1cnc(-n2nc(C)nc2C)c(C)c1. The predicted molar refractivity (Wildman–Crippen MR) is 76.9 cm³/mol. The zero-order valence-electron chi connectivity index (χ0n) is 12.5. The summed E-state index contributed by atoms with van der Waals surface area (Å²) >= 11 is 0. The summed E-state index contributed by atoms with van der Waals surface area (Å²) in [4.78, 5) is 8.82. The number of rotatable bonds is 6. The van der Waals surface area contributed by atoms with Gasteiger partial charge in [-0.2, -0.15) is 4.68 Å². The Balaban J connectivity index is 2.12. The lowest BCUT2D eigenvalue weighted by Gasteiger charge is -2.09. The molecule has 0 aliphatic carbocycles. The van der Waals surface area contributed by atoms with Gasteiger partial charge in [-0.25, -0.2) is 9.97 Å². The van der Waals surface area contributed by atoms with Crippen molar-refractivity contribution in [3.63, 3.8) is 0 Å². The third-order valence-electron chi connectivity index (χ3n) is 2.99. The normalized spacial score (nSPS) is 11.0. The van der Waals surface area contributed by atoms with E-state index in [2.05, 4.69) is 26.4 Å². The number of methoxy groups -OCH3 is 1. The van der Waals surface area contributed by atoms with Gasteiger partial charge >= 0.3 is 0 Å². The Kier molecular flexibility index (Phi) is 4.81. The predicted octanol–water partition coefficient (Wildman–Crippen LogP) is 1.32. The van der Waals surface area contributed by atoms with Gasteiger partial charge in [-0.15, -0.1) is 5.10 Å². The van der Waals surface area contributed by atoms with Gasteiger partial charge < -0.3 is 10.1 Å². The summed E-state index contributed by atoms with van der Waals surface area (Å²) < 4.78 is 6.78. The first-order valence-corrected chi connectivity index (χ1v) is 6.67. The largest absolute Gasteiger partial charge is 0.383 e. The Morgan fingerprint density at radius 2 is 2.10 bits per heavy atom. The van der Waals surface area contributed by atoms with Gasteiger partial charge in [0.15, 0.2) is 5.82 Å². The number of pyridine rings is 1. The fourth-order valence-corrected chi connectivity index (χ4v) is 2.07. The van der Waals surface area contributed by atoms with Crippen molar-refractivity contribution in [2.45, 2.75) is 27.3 Å². The molecule has 2 aromatic heterocycles. The Labute approximate surface area is 119 Å². The highest BCUT2D eigenvalue weighted by Crippen LogP contribution is 2.13. The van der Waals surface area contributed by atoms with Crippen molar-refractivity contribution in [1.29, 1.82) is 0 Å². The van der Waals surface area contributed by atoms with Crippen LogP contribution in [-0.2, 0) is 11.3 Å². The molecule has 2 aromatic rings. The molecule has 0 amide bonds. The maximum atomic E-state index is 5.00. The lowest BCUT2D eigenvalue weighted by molar-refractivity contribution is 0.199. The molecule has 108 valence electrons. The fraction of sp³-hybridized carbons (Fsp3) is 0.500. The molecule has 0 atom stereocenters. The van der Waals surface area contributed by atoms with Crippen LogP contribution in [0.25, 0.3) is 5.82 Å². The number of hydrogen-bond acceptors (Lipinski definition) is 5. The molecule has 2 heterocycles. The van der Waals surface area contributed by atoms with Crippen LogP contribution in [0.3, 0.4) is 0 Å². The topological polar surface area (TPSA) is 64.9 Å². The van der Waals surface area contributed by atoms with Crippen molar-refractivity contribution in [1.82, 2.24) is 25.1 Å². The van der Waals surface area contributed by atoms with E-state index in [0.717, 1.165) is 41.7 Å². The van der Waals surface area contributed by atoms with Crippen LogP contribution in [0.15, 0.2) is 12.3 Å². The first-order chi connectivity index (χ1) is 9.61. The maximum Gasteiger partial charge on any atom is 0.158 e. The molecular weight excluding hydrogens is 254 g/mol. The minimum Gasteiger partial charge on any atom is -0.383 e.